The SMILES string of the molecule is Cn1cc(CNc2ccc3[nH]c(=O)c(=O)[nH]c3c2)cn1. The van der Waals surface area contributed by atoms with Gasteiger partial charge in [-0.2, -0.15) is 5.10 Å². The second-order valence-electron chi connectivity index (χ2n) is 4.54. The molecular formula is C13H13N5O2. The molecule has 0 fully saturated rings. The van der Waals surface area contributed by atoms with Crippen molar-refractivity contribution in [1.29, 1.82) is 0 Å². The molecule has 0 saturated heterocycles. The van der Waals surface area contributed by atoms with Crippen LogP contribution in [0.4, 0.5) is 5.69 Å². The minimum Gasteiger partial charge on any atom is -0.381 e. The highest BCUT2D eigenvalue weighted by atomic mass is 16.2. The van der Waals surface area contributed by atoms with Crippen LogP contribution in [-0.4, -0.2) is 19.7 Å². The van der Waals surface area contributed by atoms with Crippen molar-refractivity contribution in [1.82, 2.24) is 19.7 Å². The van der Waals surface area contributed by atoms with Crippen LogP contribution in [0.15, 0.2) is 40.2 Å². The number of rotatable bonds is 3. The van der Waals surface area contributed by atoms with E-state index >= 15 is 0 Å². The van der Waals surface area contributed by atoms with Gasteiger partial charge in [-0.3, -0.25) is 14.3 Å². The fourth-order valence-corrected chi connectivity index (χ4v) is 1.99. The zero-order valence-electron chi connectivity index (χ0n) is 10.8. The third kappa shape index (κ3) is 2.33. The Morgan fingerprint density at radius 2 is 1.95 bits per heavy atom. The average molecular weight is 271 g/mol. The minimum absolute atomic E-state index is 0.589. The van der Waals surface area contributed by atoms with Crippen molar-refractivity contribution in [2.45, 2.75) is 6.54 Å². The Hall–Kier alpha value is -2.83. The lowest BCUT2D eigenvalue weighted by Crippen LogP contribution is -2.28. The molecule has 3 N–H and O–H groups in total. The van der Waals surface area contributed by atoms with E-state index in [0.717, 1.165) is 11.3 Å². The number of aryl methyl sites for hydroxylation is 1. The molecule has 0 unspecified atom stereocenters. The van der Waals surface area contributed by atoms with Gasteiger partial charge < -0.3 is 15.3 Å². The van der Waals surface area contributed by atoms with Crippen molar-refractivity contribution in [2.75, 3.05) is 5.32 Å². The van der Waals surface area contributed by atoms with Crippen LogP contribution >= 0.6 is 0 Å². The normalized spacial score (nSPS) is 10.8. The van der Waals surface area contributed by atoms with Crippen molar-refractivity contribution >= 4 is 16.7 Å². The van der Waals surface area contributed by atoms with E-state index in [0.29, 0.717) is 17.6 Å². The van der Waals surface area contributed by atoms with E-state index in [1.54, 1.807) is 23.0 Å². The van der Waals surface area contributed by atoms with Crippen LogP contribution in [-0.2, 0) is 13.6 Å². The highest BCUT2D eigenvalue weighted by Gasteiger charge is 2.01. The third-order valence-electron chi connectivity index (χ3n) is 2.98. The largest absolute Gasteiger partial charge is 0.381 e. The number of aromatic amines is 2. The van der Waals surface area contributed by atoms with E-state index in [1.807, 2.05) is 19.3 Å². The Kier molecular flexibility index (Phi) is 2.86. The fourth-order valence-electron chi connectivity index (χ4n) is 1.99. The van der Waals surface area contributed by atoms with Crippen LogP contribution < -0.4 is 16.4 Å². The van der Waals surface area contributed by atoms with Crippen LogP contribution in [0, 0.1) is 0 Å². The van der Waals surface area contributed by atoms with E-state index in [9.17, 15) is 9.59 Å². The zero-order chi connectivity index (χ0) is 14.1. The molecule has 2 aromatic heterocycles. The summed E-state index contributed by atoms with van der Waals surface area (Å²) in [6, 6.07) is 5.37. The number of benzene rings is 1. The Morgan fingerprint density at radius 1 is 1.20 bits per heavy atom. The summed E-state index contributed by atoms with van der Waals surface area (Å²) in [6.45, 7) is 0.632. The lowest BCUT2D eigenvalue weighted by Gasteiger charge is -2.06. The lowest BCUT2D eigenvalue weighted by atomic mass is 10.2. The molecule has 0 aliphatic heterocycles. The van der Waals surface area contributed by atoms with Crippen LogP contribution in [0.3, 0.4) is 0 Å². The molecule has 0 bridgehead atoms. The monoisotopic (exact) mass is 271 g/mol. The van der Waals surface area contributed by atoms with Gasteiger partial charge in [0.1, 0.15) is 0 Å². The van der Waals surface area contributed by atoms with E-state index < -0.39 is 11.1 Å². The molecule has 3 aromatic rings. The quantitative estimate of drug-likeness (QED) is 0.607. The number of aromatic nitrogens is 4. The lowest BCUT2D eigenvalue weighted by molar-refractivity contribution is 0.767. The van der Waals surface area contributed by atoms with Crippen LogP contribution in [0.2, 0.25) is 0 Å². The second kappa shape index (κ2) is 4.69. The molecular weight excluding hydrogens is 258 g/mol. The standard InChI is InChI=1S/C13H13N5O2/c1-18-7-8(6-15-18)5-14-9-2-3-10-11(4-9)17-13(20)12(19)16-10/h2-4,6-7,14H,5H2,1H3,(H,16,19)(H,17,20). The van der Waals surface area contributed by atoms with Crippen LogP contribution in [0.25, 0.3) is 11.0 Å². The Bertz CT molecular complexity index is 874. The number of fused-ring (bicyclic) bond motifs is 1. The minimum atomic E-state index is -0.651. The predicted molar refractivity (Wildman–Crippen MR) is 75.7 cm³/mol. The summed E-state index contributed by atoms with van der Waals surface area (Å²) in [5, 5.41) is 7.32. The summed E-state index contributed by atoms with van der Waals surface area (Å²) < 4.78 is 1.74. The number of hydrogen-bond acceptors (Lipinski definition) is 4. The molecule has 3 rings (SSSR count). The maximum Gasteiger partial charge on any atom is 0.314 e. The van der Waals surface area contributed by atoms with Gasteiger partial charge in [0.05, 0.1) is 17.2 Å². The molecule has 0 aliphatic carbocycles. The van der Waals surface area contributed by atoms with Gasteiger partial charge in [0.15, 0.2) is 0 Å². The van der Waals surface area contributed by atoms with Crippen molar-refractivity contribution in [3.05, 3.63) is 56.9 Å². The predicted octanol–water partition coefficient (Wildman–Crippen LogP) is 0.562. The van der Waals surface area contributed by atoms with Crippen LogP contribution in [0.5, 0.6) is 0 Å². The summed E-state index contributed by atoms with van der Waals surface area (Å²) in [4.78, 5) is 27.6. The maximum absolute atomic E-state index is 11.3. The smallest absolute Gasteiger partial charge is 0.314 e. The van der Waals surface area contributed by atoms with Crippen molar-refractivity contribution in [3.63, 3.8) is 0 Å². The summed E-state index contributed by atoms with van der Waals surface area (Å²) >= 11 is 0. The molecule has 0 radical (unpaired) electrons. The number of H-pyrrole nitrogens is 2. The van der Waals surface area contributed by atoms with Gasteiger partial charge >= 0.3 is 11.1 Å². The molecule has 7 nitrogen and oxygen atoms in total. The molecule has 0 saturated carbocycles. The van der Waals surface area contributed by atoms with E-state index in [-0.39, 0.29) is 0 Å². The summed E-state index contributed by atoms with van der Waals surface area (Å²) in [5.41, 5.74) is 1.80. The maximum atomic E-state index is 11.3. The van der Waals surface area contributed by atoms with E-state index in [4.69, 9.17) is 0 Å². The first-order valence-corrected chi connectivity index (χ1v) is 6.09. The average Bonchev–Trinajstić information content (AvgIpc) is 2.84. The molecule has 102 valence electrons. The van der Waals surface area contributed by atoms with E-state index in [2.05, 4.69) is 20.4 Å². The zero-order valence-corrected chi connectivity index (χ0v) is 10.8. The summed E-state index contributed by atoms with van der Waals surface area (Å²) in [6.07, 6.45) is 3.71. The van der Waals surface area contributed by atoms with Crippen molar-refractivity contribution in [3.8, 4) is 0 Å². The number of nitrogens with one attached hydrogen (secondary N) is 3. The fraction of sp³-hybridized carbons (Fsp3) is 0.154. The van der Waals surface area contributed by atoms with Gasteiger partial charge in [-0.25, -0.2) is 0 Å². The number of anilines is 1. The highest BCUT2D eigenvalue weighted by Crippen LogP contribution is 2.14. The van der Waals surface area contributed by atoms with Crippen LogP contribution in [0.1, 0.15) is 5.56 Å². The van der Waals surface area contributed by atoms with E-state index in [1.165, 1.54) is 0 Å². The van der Waals surface area contributed by atoms with Gasteiger partial charge in [0.2, 0.25) is 0 Å². The van der Waals surface area contributed by atoms with Gasteiger partial charge in [0.25, 0.3) is 0 Å². The topological polar surface area (TPSA) is 95.6 Å². The Labute approximate surface area is 113 Å². The first-order chi connectivity index (χ1) is 9.61. The van der Waals surface area contributed by atoms with Gasteiger partial charge in [0, 0.05) is 31.0 Å². The molecule has 7 heteroatoms. The first-order valence-electron chi connectivity index (χ1n) is 6.09. The molecule has 1 aromatic carbocycles. The Morgan fingerprint density at radius 3 is 2.65 bits per heavy atom. The molecule has 2 heterocycles. The molecule has 0 aliphatic rings. The molecule has 0 spiro atoms. The molecule has 0 atom stereocenters. The number of hydrogen-bond donors (Lipinski definition) is 3. The van der Waals surface area contributed by atoms with Gasteiger partial charge in [-0.15, -0.1) is 0 Å². The second-order valence-corrected chi connectivity index (χ2v) is 4.54. The van der Waals surface area contributed by atoms with Crippen molar-refractivity contribution in [2.24, 2.45) is 7.05 Å². The van der Waals surface area contributed by atoms with Gasteiger partial charge in [-0.1, -0.05) is 0 Å². The summed E-state index contributed by atoms with van der Waals surface area (Å²) in [5.74, 6) is 0. The third-order valence-corrected chi connectivity index (χ3v) is 2.98. The molecule has 20 heavy (non-hydrogen) atoms. The molecule has 0 amide bonds. The number of nitrogens with zero attached hydrogens (tertiary/aromatic N) is 2. The highest BCUT2D eigenvalue weighted by molar-refractivity contribution is 5.78. The van der Waals surface area contributed by atoms with Gasteiger partial charge in [-0.05, 0) is 18.2 Å². The Balaban J connectivity index is 1.87. The summed E-state index contributed by atoms with van der Waals surface area (Å²) in [7, 11) is 1.86. The van der Waals surface area contributed by atoms with Crippen molar-refractivity contribution < 1.29 is 0 Å². The first kappa shape index (κ1) is 12.2.